The summed E-state index contributed by atoms with van der Waals surface area (Å²) in [6.07, 6.45) is 4.03. The monoisotopic (exact) mass is 311 g/mol. The van der Waals surface area contributed by atoms with Crippen molar-refractivity contribution in [1.82, 2.24) is 14.8 Å². The van der Waals surface area contributed by atoms with Gasteiger partial charge in [-0.1, -0.05) is 24.3 Å². The van der Waals surface area contributed by atoms with Crippen molar-refractivity contribution in [3.63, 3.8) is 0 Å². The molecule has 0 atom stereocenters. The van der Waals surface area contributed by atoms with E-state index in [1.54, 1.807) is 6.33 Å². The SMILES string of the molecule is CC1(C)OB(c2ccc(-c3ncnn3C3CC3)cc2)OC1(C)C. The summed E-state index contributed by atoms with van der Waals surface area (Å²) in [5, 5.41) is 4.35. The van der Waals surface area contributed by atoms with Gasteiger partial charge >= 0.3 is 7.12 Å². The van der Waals surface area contributed by atoms with Gasteiger partial charge in [0.15, 0.2) is 5.82 Å². The van der Waals surface area contributed by atoms with E-state index in [2.05, 4.69) is 62.0 Å². The van der Waals surface area contributed by atoms with Gasteiger partial charge in [-0.15, -0.1) is 0 Å². The van der Waals surface area contributed by atoms with Crippen LogP contribution in [0.3, 0.4) is 0 Å². The molecule has 4 rings (SSSR count). The van der Waals surface area contributed by atoms with E-state index in [0.29, 0.717) is 6.04 Å². The minimum Gasteiger partial charge on any atom is -0.399 e. The number of aromatic nitrogens is 3. The maximum Gasteiger partial charge on any atom is 0.494 e. The highest BCUT2D eigenvalue weighted by Gasteiger charge is 2.51. The second-order valence-corrected chi connectivity index (χ2v) is 7.47. The quantitative estimate of drug-likeness (QED) is 0.818. The average molecular weight is 311 g/mol. The van der Waals surface area contributed by atoms with Crippen LogP contribution in [0.15, 0.2) is 30.6 Å². The summed E-state index contributed by atoms with van der Waals surface area (Å²) in [6.45, 7) is 8.28. The second-order valence-electron chi connectivity index (χ2n) is 7.47. The molecule has 2 aromatic rings. The summed E-state index contributed by atoms with van der Waals surface area (Å²) in [7, 11) is -0.324. The van der Waals surface area contributed by atoms with Crippen molar-refractivity contribution in [2.24, 2.45) is 0 Å². The molecule has 0 bridgehead atoms. The molecule has 0 spiro atoms. The van der Waals surface area contributed by atoms with Crippen LogP contribution >= 0.6 is 0 Å². The van der Waals surface area contributed by atoms with Crippen LogP contribution in [-0.4, -0.2) is 33.1 Å². The summed E-state index contributed by atoms with van der Waals surface area (Å²) in [5.41, 5.74) is 1.48. The second kappa shape index (κ2) is 4.92. The van der Waals surface area contributed by atoms with E-state index in [0.717, 1.165) is 16.9 Å². The summed E-state index contributed by atoms with van der Waals surface area (Å²) in [5.74, 6) is 0.938. The fourth-order valence-electron chi connectivity index (χ4n) is 2.81. The molecule has 23 heavy (non-hydrogen) atoms. The number of rotatable bonds is 3. The average Bonchev–Trinajstić information content (AvgIpc) is 3.17. The van der Waals surface area contributed by atoms with Crippen molar-refractivity contribution in [2.45, 2.75) is 57.8 Å². The van der Waals surface area contributed by atoms with E-state index in [1.165, 1.54) is 12.8 Å². The Bertz CT molecular complexity index is 704. The van der Waals surface area contributed by atoms with Crippen LogP contribution in [0.4, 0.5) is 0 Å². The molecule has 2 fully saturated rings. The fourth-order valence-corrected chi connectivity index (χ4v) is 2.81. The molecule has 1 aliphatic carbocycles. The van der Waals surface area contributed by atoms with Crippen molar-refractivity contribution in [2.75, 3.05) is 0 Å². The Labute approximate surface area is 137 Å². The highest BCUT2D eigenvalue weighted by Crippen LogP contribution is 2.38. The first-order chi connectivity index (χ1) is 10.9. The van der Waals surface area contributed by atoms with Gasteiger partial charge in [0.25, 0.3) is 0 Å². The predicted molar refractivity (Wildman–Crippen MR) is 89.4 cm³/mol. The zero-order chi connectivity index (χ0) is 16.2. The van der Waals surface area contributed by atoms with Crippen LogP contribution in [-0.2, 0) is 9.31 Å². The highest BCUT2D eigenvalue weighted by atomic mass is 16.7. The van der Waals surface area contributed by atoms with E-state index in [9.17, 15) is 0 Å². The van der Waals surface area contributed by atoms with Crippen LogP contribution < -0.4 is 5.46 Å². The lowest BCUT2D eigenvalue weighted by Gasteiger charge is -2.32. The van der Waals surface area contributed by atoms with Crippen molar-refractivity contribution in [3.8, 4) is 11.4 Å². The standard InChI is InChI=1S/C17H22BN3O2/c1-16(2)17(3,4)23-18(22-16)13-7-5-12(6-8-13)15-19-11-20-21(15)14-9-10-14/h5-8,11,14H,9-10H2,1-4H3. The van der Waals surface area contributed by atoms with Gasteiger partial charge in [0, 0.05) is 5.56 Å². The van der Waals surface area contributed by atoms with Crippen LogP contribution in [0.2, 0.25) is 0 Å². The summed E-state index contributed by atoms with van der Waals surface area (Å²) < 4.78 is 14.2. The lowest BCUT2D eigenvalue weighted by molar-refractivity contribution is 0.00578. The smallest absolute Gasteiger partial charge is 0.399 e. The Morgan fingerprint density at radius 2 is 1.65 bits per heavy atom. The summed E-state index contributed by atoms with van der Waals surface area (Å²) >= 11 is 0. The fraction of sp³-hybridized carbons (Fsp3) is 0.529. The van der Waals surface area contributed by atoms with Crippen molar-refractivity contribution < 1.29 is 9.31 Å². The van der Waals surface area contributed by atoms with Crippen LogP contribution in [0, 0.1) is 0 Å². The molecule has 1 saturated carbocycles. The normalized spacial score (nSPS) is 22.5. The predicted octanol–water partition coefficient (Wildman–Crippen LogP) is 2.58. The van der Waals surface area contributed by atoms with Crippen LogP contribution in [0.5, 0.6) is 0 Å². The lowest BCUT2D eigenvalue weighted by Crippen LogP contribution is -2.41. The maximum atomic E-state index is 6.10. The van der Waals surface area contributed by atoms with Gasteiger partial charge in [0.1, 0.15) is 6.33 Å². The van der Waals surface area contributed by atoms with E-state index in [4.69, 9.17) is 9.31 Å². The first kappa shape index (κ1) is 14.9. The Morgan fingerprint density at radius 3 is 2.22 bits per heavy atom. The molecule has 1 aromatic heterocycles. The van der Waals surface area contributed by atoms with Gasteiger partial charge in [-0.05, 0) is 46.0 Å². The van der Waals surface area contributed by atoms with E-state index in [1.807, 2.05) is 4.68 Å². The van der Waals surface area contributed by atoms with Gasteiger partial charge in [0.05, 0.1) is 17.2 Å². The van der Waals surface area contributed by atoms with E-state index >= 15 is 0 Å². The van der Waals surface area contributed by atoms with Gasteiger partial charge in [-0.3, -0.25) is 0 Å². The number of hydrogen-bond donors (Lipinski definition) is 0. The Kier molecular flexibility index (Phi) is 3.19. The van der Waals surface area contributed by atoms with Gasteiger partial charge in [0.2, 0.25) is 0 Å². The molecular formula is C17H22BN3O2. The van der Waals surface area contributed by atoms with E-state index in [-0.39, 0.29) is 18.3 Å². The third-order valence-corrected chi connectivity index (χ3v) is 5.16. The zero-order valence-corrected chi connectivity index (χ0v) is 14.1. The molecule has 0 unspecified atom stereocenters. The van der Waals surface area contributed by atoms with Gasteiger partial charge < -0.3 is 9.31 Å². The van der Waals surface area contributed by atoms with Gasteiger partial charge in [-0.25, -0.2) is 9.67 Å². The van der Waals surface area contributed by atoms with Crippen molar-refractivity contribution in [3.05, 3.63) is 30.6 Å². The third kappa shape index (κ3) is 2.50. The Balaban J connectivity index is 1.58. The Morgan fingerprint density at radius 1 is 1.04 bits per heavy atom. The first-order valence-electron chi connectivity index (χ1n) is 8.23. The molecule has 0 radical (unpaired) electrons. The first-order valence-corrected chi connectivity index (χ1v) is 8.23. The summed E-state index contributed by atoms with van der Waals surface area (Å²) in [6, 6.07) is 8.79. The molecule has 0 amide bonds. The molecule has 1 aliphatic heterocycles. The van der Waals surface area contributed by atoms with Crippen molar-refractivity contribution in [1.29, 1.82) is 0 Å². The van der Waals surface area contributed by atoms with Crippen LogP contribution in [0.25, 0.3) is 11.4 Å². The molecular weight excluding hydrogens is 289 g/mol. The molecule has 0 N–H and O–H groups in total. The molecule has 1 saturated heterocycles. The minimum absolute atomic E-state index is 0.317. The van der Waals surface area contributed by atoms with Crippen molar-refractivity contribution >= 4 is 12.6 Å². The largest absolute Gasteiger partial charge is 0.494 e. The van der Waals surface area contributed by atoms with Gasteiger partial charge in [-0.2, -0.15) is 5.10 Å². The maximum absolute atomic E-state index is 6.10. The molecule has 5 nitrogen and oxygen atoms in total. The van der Waals surface area contributed by atoms with Crippen LogP contribution in [0.1, 0.15) is 46.6 Å². The number of benzene rings is 1. The minimum atomic E-state index is -0.324. The Hall–Kier alpha value is -1.66. The highest BCUT2D eigenvalue weighted by molar-refractivity contribution is 6.62. The lowest BCUT2D eigenvalue weighted by atomic mass is 9.79. The number of hydrogen-bond acceptors (Lipinski definition) is 4. The molecule has 6 heteroatoms. The zero-order valence-electron chi connectivity index (χ0n) is 14.1. The van der Waals surface area contributed by atoms with E-state index < -0.39 is 0 Å². The third-order valence-electron chi connectivity index (χ3n) is 5.16. The molecule has 2 heterocycles. The molecule has 2 aliphatic rings. The summed E-state index contributed by atoms with van der Waals surface area (Å²) in [4.78, 5) is 4.41. The number of nitrogens with zero attached hydrogens (tertiary/aromatic N) is 3. The topological polar surface area (TPSA) is 49.2 Å². The molecule has 1 aromatic carbocycles. The molecule has 120 valence electrons.